The molecule has 0 saturated heterocycles. The zero-order valence-electron chi connectivity index (χ0n) is 13.8. The molecule has 5 N–H and O–H groups in total. The van der Waals surface area contributed by atoms with Crippen molar-refractivity contribution in [3.8, 4) is 0 Å². The van der Waals surface area contributed by atoms with Crippen molar-refractivity contribution < 1.29 is 35.1 Å². The van der Waals surface area contributed by atoms with Gasteiger partial charge in [0.25, 0.3) is 5.91 Å². The standard InChI is InChI=1S/C15H29NO7/c1-3-4-5-6-7-8-9-16(2)14(21)12(19)10(17)11(18)13(20)15(22)23/h10-13,17-20H,3-9H2,1-2H3,(H,22,23)/t10-,11+,12+,13-/m1/s1. The smallest absolute Gasteiger partial charge is 0.335 e. The monoisotopic (exact) mass is 335 g/mol. The van der Waals surface area contributed by atoms with Crippen molar-refractivity contribution in [2.45, 2.75) is 69.9 Å². The minimum Gasteiger partial charge on any atom is -0.479 e. The summed E-state index contributed by atoms with van der Waals surface area (Å²) in [5, 5.41) is 46.5. The number of hydrogen-bond donors (Lipinski definition) is 5. The Hall–Kier alpha value is -1.22. The molecule has 0 fully saturated rings. The number of nitrogens with zero attached hydrogens (tertiary/aromatic N) is 1. The molecule has 23 heavy (non-hydrogen) atoms. The van der Waals surface area contributed by atoms with Crippen LogP contribution in [-0.2, 0) is 9.59 Å². The van der Waals surface area contributed by atoms with E-state index in [0.29, 0.717) is 6.54 Å². The van der Waals surface area contributed by atoms with Crippen LogP contribution in [0.1, 0.15) is 45.4 Å². The largest absolute Gasteiger partial charge is 0.479 e. The summed E-state index contributed by atoms with van der Waals surface area (Å²) in [7, 11) is 1.45. The van der Waals surface area contributed by atoms with Crippen LogP contribution in [0.5, 0.6) is 0 Å². The molecule has 0 bridgehead atoms. The van der Waals surface area contributed by atoms with E-state index in [4.69, 9.17) is 10.2 Å². The van der Waals surface area contributed by atoms with E-state index in [1.54, 1.807) is 0 Å². The molecule has 8 nitrogen and oxygen atoms in total. The summed E-state index contributed by atoms with van der Waals surface area (Å²) in [6.45, 7) is 2.50. The van der Waals surface area contributed by atoms with E-state index in [1.807, 2.05) is 0 Å². The second-order valence-corrected chi connectivity index (χ2v) is 5.74. The molecular weight excluding hydrogens is 306 g/mol. The van der Waals surface area contributed by atoms with Crippen LogP contribution in [0.2, 0.25) is 0 Å². The van der Waals surface area contributed by atoms with Gasteiger partial charge in [-0.3, -0.25) is 4.79 Å². The predicted octanol–water partition coefficient (Wildman–Crippen LogP) is -0.666. The molecule has 4 atom stereocenters. The molecule has 0 aromatic rings. The van der Waals surface area contributed by atoms with Crippen molar-refractivity contribution in [1.29, 1.82) is 0 Å². The first-order chi connectivity index (χ1) is 10.7. The van der Waals surface area contributed by atoms with E-state index in [1.165, 1.54) is 18.4 Å². The fourth-order valence-corrected chi connectivity index (χ4v) is 2.13. The van der Waals surface area contributed by atoms with Crippen molar-refractivity contribution in [2.24, 2.45) is 0 Å². The molecule has 0 radical (unpaired) electrons. The predicted molar refractivity (Wildman–Crippen MR) is 82.7 cm³/mol. The van der Waals surface area contributed by atoms with Gasteiger partial charge in [0.15, 0.2) is 12.2 Å². The summed E-state index contributed by atoms with van der Waals surface area (Å²) >= 11 is 0. The van der Waals surface area contributed by atoms with Crippen LogP contribution in [0.3, 0.4) is 0 Å². The summed E-state index contributed by atoms with van der Waals surface area (Å²) in [4.78, 5) is 23.7. The van der Waals surface area contributed by atoms with Gasteiger partial charge in [0, 0.05) is 13.6 Å². The zero-order chi connectivity index (χ0) is 18.0. The number of carbonyl (C=O) groups is 2. The molecule has 0 aromatic carbocycles. The molecule has 0 aliphatic heterocycles. The highest BCUT2D eigenvalue weighted by molar-refractivity contribution is 5.81. The first-order valence-electron chi connectivity index (χ1n) is 7.94. The number of carboxylic acid groups (broad SMARTS) is 1. The lowest BCUT2D eigenvalue weighted by Crippen LogP contribution is -2.52. The van der Waals surface area contributed by atoms with E-state index in [0.717, 1.165) is 32.1 Å². The maximum absolute atomic E-state index is 11.9. The molecule has 0 spiro atoms. The van der Waals surface area contributed by atoms with E-state index >= 15 is 0 Å². The number of unbranched alkanes of at least 4 members (excludes halogenated alkanes) is 5. The second-order valence-electron chi connectivity index (χ2n) is 5.74. The summed E-state index contributed by atoms with van der Waals surface area (Å²) in [6, 6.07) is 0. The van der Waals surface area contributed by atoms with Crippen molar-refractivity contribution in [1.82, 2.24) is 4.90 Å². The average Bonchev–Trinajstić information content (AvgIpc) is 2.53. The quantitative estimate of drug-likeness (QED) is 0.298. The van der Waals surface area contributed by atoms with Gasteiger partial charge >= 0.3 is 5.97 Å². The third-order valence-corrected chi connectivity index (χ3v) is 3.73. The van der Waals surface area contributed by atoms with Crippen LogP contribution in [-0.4, -0.2) is 80.3 Å². The topological polar surface area (TPSA) is 139 Å². The summed E-state index contributed by atoms with van der Waals surface area (Å²) in [6.07, 6.45) is -2.32. The SMILES string of the molecule is CCCCCCCCN(C)C(=O)[C@@H](O)[C@H](O)[C@H](O)[C@@H](O)C(=O)O. The molecule has 0 aliphatic rings. The number of carbonyl (C=O) groups excluding carboxylic acids is 1. The fourth-order valence-electron chi connectivity index (χ4n) is 2.13. The highest BCUT2D eigenvalue weighted by Crippen LogP contribution is 2.10. The van der Waals surface area contributed by atoms with Crippen LogP contribution >= 0.6 is 0 Å². The highest BCUT2D eigenvalue weighted by atomic mass is 16.4. The molecule has 136 valence electrons. The van der Waals surface area contributed by atoms with Gasteiger partial charge in [0.05, 0.1) is 0 Å². The maximum atomic E-state index is 11.9. The normalized spacial score (nSPS) is 16.4. The molecule has 0 heterocycles. The van der Waals surface area contributed by atoms with Gasteiger partial charge in [0.2, 0.25) is 0 Å². The lowest BCUT2D eigenvalue weighted by Gasteiger charge is -2.27. The number of hydrogen-bond acceptors (Lipinski definition) is 6. The highest BCUT2D eigenvalue weighted by Gasteiger charge is 2.38. The van der Waals surface area contributed by atoms with Gasteiger partial charge in [-0.25, -0.2) is 4.79 Å². The number of aliphatic carboxylic acids is 1. The van der Waals surface area contributed by atoms with E-state index in [2.05, 4.69) is 6.92 Å². The van der Waals surface area contributed by atoms with E-state index < -0.39 is 36.3 Å². The Morgan fingerprint density at radius 2 is 1.35 bits per heavy atom. The summed E-state index contributed by atoms with van der Waals surface area (Å²) < 4.78 is 0. The Balaban J connectivity index is 4.27. The third-order valence-electron chi connectivity index (χ3n) is 3.73. The van der Waals surface area contributed by atoms with Crippen molar-refractivity contribution in [3.63, 3.8) is 0 Å². The van der Waals surface area contributed by atoms with Gasteiger partial charge in [0.1, 0.15) is 12.2 Å². The van der Waals surface area contributed by atoms with Gasteiger partial charge < -0.3 is 30.4 Å². The molecule has 0 saturated carbocycles. The van der Waals surface area contributed by atoms with Crippen molar-refractivity contribution in [3.05, 3.63) is 0 Å². The Morgan fingerprint density at radius 3 is 1.87 bits per heavy atom. The zero-order valence-corrected chi connectivity index (χ0v) is 13.8. The Bertz CT molecular complexity index is 364. The molecular formula is C15H29NO7. The molecule has 1 amide bonds. The Kier molecular flexibility index (Phi) is 10.7. The van der Waals surface area contributed by atoms with Crippen LogP contribution in [0.4, 0.5) is 0 Å². The number of aliphatic hydroxyl groups excluding tert-OH is 4. The molecule has 0 unspecified atom stereocenters. The first kappa shape index (κ1) is 21.8. The molecule has 0 rings (SSSR count). The third kappa shape index (κ3) is 7.74. The fraction of sp³-hybridized carbons (Fsp3) is 0.867. The van der Waals surface area contributed by atoms with Gasteiger partial charge in [-0.2, -0.15) is 0 Å². The van der Waals surface area contributed by atoms with Gasteiger partial charge in [-0.05, 0) is 6.42 Å². The van der Waals surface area contributed by atoms with Gasteiger partial charge in [-0.15, -0.1) is 0 Å². The van der Waals surface area contributed by atoms with Crippen LogP contribution in [0.25, 0.3) is 0 Å². The average molecular weight is 335 g/mol. The number of amides is 1. The van der Waals surface area contributed by atoms with Crippen LogP contribution in [0.15, 0.2) is 0 Å². The van der Waals surface area contributed by atoms with Crippen LogP contribution in [0, 0.1) is 0 Å². The lowest BCUT2D eigenvalue weighted by molar-refractivity contribution is -0.169. The number of carboxylic acids is 1. The van der Waals surface area contributed by atoms with Crippen molar-refractivity contribution in [2.75, 3.05) is 13.6 Å². The number of rotatable bonds is 12. The van der Waals surface area contributed by atoms with Gasteiger partial charge in [-0.1, -0.05) is 39.0 Å². The minimum atomic E-state index is -2.28. The second kappa shape index (κ2) is 11.3. The Labute approximate surface area is 136 Å². The van der Waals surface area contributed by atoms with E-state index in [-0.39, 0.29) is 0 Å². The lowest BCUT2D eigenvalue weighted by atomic mass is 10.0. The summed E-state index contributed by atoms with van der Waals surface area (Å²) in [5.41, 5.74) is 0. The molecule has 0 aliphatic carbocycles. The minimum absolute atomic E-state index is 0.381. The van der Waals surface area contributed by atoms with Crippen molar-refractivity contribution >= 4 is 11.9 Å². The summed E-state index contributed by atoms with van der Waals surface area (Å²) in [5.74, 6) is -2.58. The van der Waals surface area contributed by atoms with E-state index in [9.17, 15) is 24.9 Å². The first-order valence-corrected chi connectivity index (χ1v) is 7.94. The maximum Gasteiger partial charge on any atom is 0.335 e. The molecule has 0 aromatic heterocycles. The molecule has 8 heteroatoms. The van der Waals surface area contributed by atoms with Crippen LogP contribution < -0.4 is 0 Å². The number of likely N-dealkylation sites (N-methyl/N-ethyl adjacent to an activating group) is 1. The Morgan fingerprint density at radius 1 is 0.870 bits per heavy atom. The number of aliphatic hydroxyl groups is 4.